The van der Waals surface area contributed by atoms with Gasteiger partial charge < -0.3 is 14.5 Å². The first-order valence-electron chi connectivity index (χ1n) is 9.43. The lowest BCUT2D eigenvalue weighted by Crippen LogP contribution is -2.21. The number of fused-ring (bicyclic) bond motifs is 3. The van der Waals surface area contributed by atoms with Crippen molar-refractivity contribution in [2.24, 2.45) is 0 Å². The molecule has 1 amide bonds. The number of hydrogen-bond acceptors (Lipinski definition) is 5. The molecule has 4 rings (SSSR count). The van der Waals surface area contributed by atoms with Gasteiger partial charge in [-0.2, -0.15) is 0 Å². The molecule has 0 saturated carbocycles. The number of aryl methyl sites for hydroxylation is 1. The van der Waals surface area contributed by atoms with Crippen molar-refractivity contribution in [3.63, 3.8) is 0 Å². The lowest BCUT2D eigenvalue weighted by Gasteiger charge is -2.07. The zero-order chi connectivity index (χ0) is 21.3. The van der Waals surface area contributed by atoms with E-state index in [1.807, 2.05) is 36.4 Å². The van der Waals surface area contributed by atoms with Crippen LogP contribution >= 0.6 is 0 Å². The highest BCUT2D eigenvalue weighted by Gasteiger charge is 2.21. The van der Waals surface area contributed by atoms with E-state index >= 15 is 0 Å². The van der Waals surface area contributed by atoms with Gasteiger partial charge in [-0.25, -0.2) is 4.79 Å². The number of Topliss-reactive ketones (excluding diaryl/α,β-unsaturated/α-hetero) is 1. The first-order valence-corrected chi connectivity index (χ1v) is 9.43. The van der Waals surface area contributed by atoms with Crippen LogP contribution in [0.1, 0.15) is 33.4 Å². The first-order chi connectivity index (χ1) is 14.4. The third kappa shape index (κ3) is 3.67. The lowest BCUT2D eigenvalue weighted by atomic mass is 10.1. The Bertz CT molecular complexity index is 1300. The molecule has 6 heteroatoms. The van der Waals surface area contributed by atoms with Crippen LogP contribution in [0.15, 0.2) is 65.1 Å². The van der Waals surface area contributed by atoms with Crippen molar-refractivity contribution in [2.75, 3.05) is 11.9 Å². The van der Waals surface area contributed by atoms with Gasteiger partial charge in [-0.3, -0.25) is 9.59 Å². The Labute approximate surface area is 172 Å². The third-order valence-corrected chi connectivity index (χ3v) is 4.90. The molecule has 0 aliphatic carbocycles. The predicted molar refractivity (Wildman–Crippen MR) is 114 cm³/mol. The molecule has 0 radical (unpaired) electrons. The predicted octanol–water partition coefficient (Wildman–Crippen LogP) is 4.89. The molecule has 1 heterocycles. The zero-order valence-electron chi connectivity index (χ0n) is 16.5. The standard InChI is InChI=1S/C24H19NO5/c1-14-19-11-10-16-6-3-4-9-20(16)23(19)30-22(14)24(28)29-13-21(27)25-18-8-5-7-17(12-18)15(2)26/h3-12H,13H2,1-2H3,(H,25,27). The summed E-state index contributed by atoms with van der Waals surface area (Å²) in [5.41, 5.74) is 2.21. The van der Waals surface area contributed by atoms with Crippen LogP contribution in [0.2, 0.25) is 0 Å². The fourth-order valence-corrected chi connectivity index (χ4v) is 3.35. The molecular weight excluding hydrogens is 382 g/mol. The van der Waals surface area contributed by atoms with Gasteiger partial charge in [0.25, 0.3) is 5.91 Å². The molecule has 1 N–H and O–H groups in total. The van der Waals surface area contributed by atoms with Gasteiger partial charge in [0.2, 0.25) is 5.76 Å². The van der Waals surface area contributed by atoms with Crippen molar-refractivity contribution in [1.82, 2.24) is 0 Å². The van der Waals surface area contributed by atoms with Crippen LogP contribution < -0.4 is 5.32 Å². The number of amides is 1. The summed E-state index contributed by atoms with van der Waals surface area (Å²) in [6.45, 7) is 2.76. The number of esters is 1. The second-order valence-corrected chi connectivity index (χ2v) is 6.98. The van der Waals surface area contributed by atoms with Gasteiger partial charge in [0, 0.05) is 27.6 Å². The summed E-state index contributed by atoms with van der Waals surface area (Å²) >= 11 is 0. The van der Waals surface area contributed by atoms with E-state index in [0.29, 0.717) is 22.4 Å². The van der Waals surface area contributed by atoms with Crippen LogP contribution in [0.5, 0.6) is 0 Å². The number of carbonyl (C=O) groups is 3. The molecule has 0 aliphatic heterocycles. The maximum absolute atomic E-state index is 12.5. The summed E-state index contributed by atoms with van der Waals surface area (Å²) in [7, 11) is 0. The Kier molecular flexibility index (Phi) is 5.06. The number of ketones is 1. The zero-order valence-corrected chi connectivity index (χ0v) is 16.5. The second-order valence-electron chi connectivity index (χ2n) is 6.98. The highest BCUT2D eigenvalue weighted by atomic mass is 16.5. The number of nitrogens with one attached hydrogen (secondary N) is 1. The molecule has 4 aromatic rings. The first kappa shape index (κ1) is 19.4. The maximum Gasteiger partial charge on any atom is 0.375 e. The van der Waals surface area contributed by atoms with Crippen LogP contribution in [-0.2, 0) is 9.53 Å². The van der Waals surface area contributed by atoms with Crippen molar-refractivity contribution in [3.05, 3.63) is 77.6 Å². The van der Waals surface area contributed by atoms with Gasteiger partial charge >= 0.3 is 5.97 Å². The molecule has 0 atom stereocenters. The normalized spacial score (nSPS) is 10.9. The molecule has 150 valence electrons. The largest absolute Gasteiger partial charge is 0.450 e. The number of anilines is 1. The average Bonchev–Trinajstić information content (AvgIpc) is 3.09. The van der Waals surface area contributed by atoms with Crippen molar-refractivity contribution in [1.29, 1.82) is 0 Å². The molecule has 30 heavy (non-hydrogen) atoms. The Balaban J connectivity index is 1.49. The molecule has 0 aliphatic rings. The Morgan fingerprint density at radius 1 is 0.967 bits per heavy atom. The summed E-state index contributed by atoms with van der Waals surface area (Å²) in [4.78, 5) is 36.1. The van der Waals surface area contributed by atoms with E-state index in [2.05, 4.69) is 5.32 Å². The topological polar surface area (TPSA) is 85.6 Å². The number of ether oxygens (including phenoxy) is 1. The molecule has 0 unspecified atom stereocenters. The summed E-state index contributed by atoms with van der Waals surface area (Å²) < 4.78 is 11.0. The lowest BCUT2D eigenvalue weighted by molar-refractivity contribution is -0.119. The van der Waals surface area contributed by atoms with Crippen molar-refractivity contribution >= 4 is 45.1 Å². The molecule has 0 fully saturated rings. The molecule has 3 aromatic carbocycles. The smallest absolute Gasteiger partial charge is 0.375 e. The van der Waals surface area contributed by atoms with Crippen molar-refractivity contribution in [2.45, 2.75) is 13.8 Å². The van der Waals surface area contributed by atoms with Gasteiger partial charge in [-0.05, 0) is 31.4 Å². The second kappa shape index (κ2) is 7.83. The summed E-state index contributed by atoms with van der Waals surface area (Å²) in [6.07, 6.45) is 0. The Morgan fingerprint density at radius 2 is 1.77 bits per heavy atom. The van der Waals surface area contributed by atoms with Crippen LogP contribution in [-0.4, -0.2) is 24.3 Å². The van der Waals surface area contributed by atoms with Crippen LogP contribution in [0.25, 0.3) is 21.7 Å². The molecule has 0 spiro atoms. The minimum absolute atomic E-state index is 0.0766. The fourth-order valence-electron chi connectivity index (χ4n) is 3.35. The highest BCUT2D eigenvalue weighted by molar-refractivity contribution is 6.08. The summed E-state index contributed by atoms with van der Waals surface area (Å²) in [5.74, 6) is -1.25. The molecule has 6 nitrogen and oxygen atoms in total. The summed E-state index contributed by atoms with van der Waals surface area (Å²) in [6, 6.07) is 18.2. The molecule has 0 saturated heterocycles. The number of benzene rings is 3. The van der Waals surface area contributed by atoms with Gasteiger partial charge in [0.1, 0.15) is 5.58 Å². The van der Waals surface area contributed by atoms with E-state index in [9.17, 15) is 14.4 Å². The average molecular weight is 401 g/mol. The monoisotopic (exact) mass is 401 g/mol. The van der Waals surface area contributed by atoms with Gasteiger partial charge in [0.15, 0.2) is 12.4 Å². The van der Waals surface area contributed by atoms with Gasteiger partial charge in [0.05, 0.1) is 0 Å². The van der Waals surface area contributed by atoms with Gasteiger partial charge in [-0.1, -0.05) is 48.5 Å². The van der Waals surface area contributed by atoms with Crippen LogP contribution in [0, 0.1) is 6.92 Å². The van der Waals surface area contributed by atoms with E-state index < -0.39 is 18.5 Å². The fraction of sp³-hybridized carbons (Fsp3) is 0.125. The van der Waals surface area contributed by atoms with Crippen molar-refractivity contribution in [3.8, 4) is 0 Å². The highest BCUT2D eigenvalue weighted by Crippen LogP contribution is 2.32. The van der Waals surface area contributed by atoms with Gasteiger partial charge in [-0.15, -0.1) is 0 Å². The maximum atomic E-state index is 12.5. The van der Waals surface area contributed by atoms with Crippen LogP contribution in [0.4, 0.5) is 5.69 Å². The molecular formula is C24H19NO5. The summed E-state index contributed by atoms with van der Waals surface area (Å²) in [5, 5.41) is 5.34. The number of furan rings is 1. The minimum atomic E-state index is -0.708. The SMILES string of the molecule is CC(=O)c1cccc(NC(=O)COC(=O)c2oc3c(ccc4ccccc43)c2C)c1. The molecule has 0 bridgehead atoms. The van der Waals surface area contributed by atoms with E-state index in [1.54, 1.807) is 31.2 Å². The van der Waals surface area contributed by atoms with E-state index in [0.717, 1.165) is 16.2 Å². The Morgan fingerprint density at radius 3 is 2.57 bits per heavy atom. The number of hydrogen-bond donors (Lipinski definition) is 1. The Hall–Kier alpha value is -3.93. The van der Waals surface area contributed by atoms with Crippen LogP contribution in [0.3, 0.4) is 0 Å². The molecule has 1 aromatic heterocycles. The minimum Gasteiger partial charge on any atom is -0.450 e. The van der Waals surface area contributed by atoms with E-state index in [1.165, 1.54) is 6.92 Å². The third-order valence-electron chi connectivity index (χ3n) is 4.90. The number of carbonyl (C=O) groups excluding carboxylic acids is 3. The number of rotatable bonds is 5. The van der Waals surface area contributed by atoms with E-state index in [-0.39, 0.29) is 11.5 Å². The quantitative estimate of drug-likeness (QED) is 0.380. The van der Waals surface area contributed by atoms with E-state index in [4.69, 9.17) is 9.15 Å². The van der Waals surface area contributed by atoms with Crippen molar-refractivity contribution < 1.29 is 23.5 Å².